The summed E-state index contributed by atoms with van der Waals surface area (Å²) in [6, 6.07) is 12.6. The molecule has 1 heterocycles. The van der Waals surface area contributed by atoms with Gasteiger partial charge in [0.15, 0.2) is 5.01 Å². The second-order valence-corrected chi connectivity index (χ2v) is 5.90. The van der Waals surface area contributed by atoms with Crippen molar-refractivity contribution in [3.63, 3.8) is 0 Å². The van der Waals surface area contributed by atoms with Crippen LogP contribution in [0.1, 0.15) is 20.9 Å². The van der Waals surface area contributed by atoms with Crippen LogP contribution in [0.2, 0.25) is 0 Å². The SMILES string of the molecule is O=C(NCc1ccccc1)c1nc2cc(C(F)(F)F)ccc2s1. The van der Waals surface area contributed by atoms with Crippen molar-refractivity contribution in [2.45, 2.75) is 12.7 Å². The van der Waals surface area contributed by atoms with Crippen molar-refractivity contribution in [2.75, 3.05) is 0 Å². The first-order valence-corrected chi connectivity index (χ1v) is 7.55. The van der Waals surface area contributed by atoms with E-state index in [-0.39, 0.29) is 10.5 Å². The van der Waals surface area contributed by atoms with E-state index in [1.165, 1.54) is 6.07 Å². The molecule has 0 unspecified atom stereocenters. The molecule has 0 saturated heterocycles. The first-order valence-electron chi connectivity index (χ1n) is 6.73. The summed E-state index contributed by atoms with van der Waals surface area (Å²) in [6.07, 6.45) is -4.42. The van der Waals surface area contributed by atoms with E-state index in [9.17, 15) is 18.0 Å². The summed E-state index contributed by atoms with van der Waals surface area (Å²) in [5.41, 5.74) is 0.336. The highest BCUT2D eigenvalue weighted by Crippen LogP contribution is 2.32. The first kappa shape index (κ1) is 15.5. The largest absolute Gasteiger partial charge is 0.416 e. The summed E-state index contributed by atoms with van der Waals surface area (Å²) in [7, 11) is 0. The van der Waals surface area contributed by atoms with Gasteiger partial charge in [-0.3, -0.25) is 4.79 Å². The average Bonchev–Trinajstić information content (AvgIpc) is 2.96. The highest BCUT2D eigenvalue weighted by molar-refractivity contribution is 7.20. The number of hydrogen-bond donors (Lipinski definition) is 1. The Morgan fingerprint density at radius 3 is 2.57 bits per heavy atom. The molecular formula is C16H11F3N2OS. The third-order valence-electron chi connectivity index (χ3n) is 3.21. The second kappa shape index (κ2) is 6.00. The smallest absolute Gasteiger partial charge is 0.346 e. The van der Waals surface area contributed by atoms with E-state index in [2.05, 4.69) is 10.3 Å². The van der Waals surface area contributed by atoms with Gasteiger partial charge in [-0.25, -0.2) is 4.98 Å². The standard InChI is InChI=1S/C16H11F3N2OS/c17-16(18,19)11-6-7-13-12(8-11)21-15(23-13)14(22)20-9-10-4-2-1-3-5-10/h1-8H,9H2,(H,20,22). The van der Waals surface area contributed by atoms with Gasteiger partial charge in [0, 0.05) is 6.54 Å². The number of nitrogens with zero attached hydrogens (tertiary/aromatic N) is 1. The van der Waals surface area contributed by atoms with Crippen LogP contribution in [0, 0.1) is 0 Å². The topological polar surface area (TPSA) is 42.0 Å². The Bertz CT molecular complexity index is 843. The lowest BCUT2D eigenvalue weighted by atomic mass is 10.2. The van der Waals surface area contributed by atoms with Gasteiger partial charge in [-0.2, -0.15) is 13.2 Å². The van der Waals surface area contributed by atoms with E-state index in [1.54, 1.807) is 0 Å². The maximum atomic E-state index is 12.7. The van der Waals surface area contributed by atoms with E-state index in [1.807, 2.05) is 30.3 Å². The Labute approximate surface area is 133 Å². The molecule has 3 aromatic rings. The summed E-state index contributed by atoms with van der Waals surface area (Å²) in [4.78, 5) is 16.1. The van der Waals surface area contributed by atoms with E-state index in [4.69, 9.17) is 0 Å². The average molecular weight is 336 g/mol. The first-order chi connectivity index (χ1) is 10.9. The molecule has 0 radical (unpaired) electrons. The summed E-state index contributed by atoms with van der Waals surface area (Å²) < 4.78 is 38.6. The summed E-state index contributed by atoms with van der Waals surface area (Å²) in [5, 5.41) is 2.86. The molecular weight excluding hydrogens is 325 g/mol. The van der Waals surface area contributed by atoms with Crippen molar-refractivity contribution >= 4 is 27.5 Å². The molecule has 3 rings (SSSR count). The number of carbonyl (C=O) groups excluding carboxylic acids is 1. The van der Waals surface area contributed by atoms with Gasteiger partial charge in [0.05, 0.1) is 15.8 Å². The minimum absolute atomic E-state index is 0.148. The predicted molar refractivity (Wildman–Crippen MR) is 82.2 cm³/mol. The Balaban J connectivity index is 1.78. The molecule has 23 heavy (non-hydrogen) atoms. The van der Waals surface area contributed by atoms with Crippen molar-refractivity contribution in [3.8, 4) is 0 Å². The van der Waals surface area contributed by atoms with E-state index >= 15 is 0 Å². The van der Waals surface area contributed by atoms with Gasteiger partial charge in [0.1, 0.15) is 0 Å². The van der Waals surface area contributed by atoms with Crippen LogP contribution in [-0.4, -0.2) is 10.9 Å². The molecule has 0 aliphatic rings. The zero-order chi connectivity index (χ0) is 16.4. The number of alkyl halides is 3. The fourth-order valence-corrected chi connectivity index (χ4v) is 2.92. The van der Waals surface area contributed by atoms with Gasteiger partial charge >= 0.3 is 6.18 Å². The number of amides is 1. The number of hydrogen-bond acceptors (Lipinski definition) is 3. The van der Waals surface area contributed by atoms with Crippen LogP contribution in [-0.2, 0) is 12.7 Å². The van der Waals surface area contributed by atoms with Crippen LogP contribution in [0.15, 0.2) is 48.5 Å². The monoisotopic (exact) mass is 336 g/mol. The van der Waals surface area contributed by atoms with Crippen molar-refractivity contribution in [2.24, 2.45) is 0 Å². The molecule has 118 valence electrons. The van der Waals surface area contributed by atoms with E-state index < -0.39 is 17.6 Å². The van der Waals surface area contributed by atoms with Crippen molar-refractivity contribution < 1.29 is 18.0 Å². The van der Waals surface area contributed by atoms with Crippen molar-refractivity contribution in [1.82, 2.24) is 10.3 Å². The van der Waals surface area contributed by atoms with Gasteiger partial charge < -0.3 is 5.32 Å². The lowest BCUT2D eigenvalue weighted by Crippen LogP contribution is -2.22. The molecule has 0 atom stereocenters. The van der Waals surface area contributed by atoms with Crippen LogP contribution >= 0.6 is 11.3 Å². The molecule has 1 N–H and O–H groups in total. The van der Waals surface area contributed by atoms with Crippen molar-refractivity contribution in [3.05, 3.63) is 64.7 Å². The molecule has 7 heteroatoms. The Kier molecular flexibility index (Phi) is 4.04. The molecule has 0 spiro atoms. The number of carbonyl (C=O) groups is 1. The molecule has 0 fully saturated rings. The number of benzene rings is 2. The van der Waals surface area contributed by atoms with Crippen LogP contribution in [0.25, 0.3) is 10.2 Å². The van der Waals surface area contributed by atoms with Gasteiger partial charge in [-0.1, -0.05) is 30.3 Å². The third kappa shape index (κ3) is 3.50. The maximum Gasteiger partial charge on any atom is 0.416 e. The molecule has 3 nitrogen and oxygen atoms in total. The highest BCUT2D eigenvalue weighted by Gasteiger charge is 2.30. The molecule has 0 bridgehead atoms. The molecule has 0 aliphatic heterocycles. The Morgan fingerprint density at radius 1 is 1.13 bits per heavy atom. The molecule has 0 aliphatic carbocycles. The van der Waals surface area contributed by atoms with Crippen LogP contribution in [0.4, 0.5) is 13.2 Å². The summed E-state index contributed by atoms with van der Waals surface area (Å²) >= 11 is 1.07. The Morgan fingerprint density at radius 2 is 1.87 bits per heavy atom. The minimum atomic E-state index is -4.42. The van der Waals surface area contributed by atoms with Crippen LogP contribution in [0.5, 0.6) is 0 Å². The van der Waals surface area contributed by atoms with E-state index in [0.29, 0.717) is 11.2 Å². The van der Waals surface area contributed by atoms with Gasteiger partial charge in [0.2, 0.25) is 0 Å². The van der Waals surface area contributed by atoms with E-state index in [0.717, 1.165) is 29.0 Å². The maximum absolute atomic E-state index is 12.7. The fraction of sp³-hybridized carbons (Fsp3) is 0.125. The minimum Gasteiger partial charge on any atom is -0.346 e. The number of thiazole rings is 1. The van der Waals surface area contributed by atoms with Gasteiger partial charge in [-0.05, 0) is 23.8 Å². The zero-order valence-corrected chi connectivity index (χ0v) is 12.5. The zero-order valence-electron chi connectivity index (χ0n) is 11.7. The quantitative estimate of drug-likeness (QED) is 0.777. The Hall–Kier alpha value is -2.41. The molecule has 1 amide bonds. The summed E-state index contributed by atoms with van der Waals surface area (Å²) in [5.74, 6) is -0.399. The molecule has 0 saturated carbocycles. The lowest BCUT2D eigenvalue weighted by Gasteiger charge is -2.04. The fourth-order valence-electron chi connectivity index (χ4n) is 2.05. The predicted octanol–water partition coefficient (Wildman–Crippen LogP) is 4.25. The lowest BCUT2D eigenvalue weighted by molar-refractivity contribution is -0.137. The number of fused-ring (bicyclic) bond motifs is 1. The number of rotatable bonds is 3. The highest BCUT2D eigenvalue weighted by atomic mass is 32.1. The van der Waals surface area contributed by atoms with Crippen LogP contribution < -0.4 is 5.32 Å². The van der Waals surface area contributed by atoms with Gasteiger partial charge in [0.25, 0.3) is 5.91 Å². The third-order valence-corrected chi connectivity index (χ3v) is 4.24. The number of aromatic nitrogens is 1. The second-order valence-electron chi connectivity index (χ2n) is 4.87. The van der Waals surface area contributed by atoms with Crippen molar-refractivity contribution in [1.29, 1.82) is 0 Å². The normalized spacial score (nSPS) is 11.6. The summed E-state index contributed by atoms with van der Waals surface area (Å²) in [6.45, 7) is 0.337. The van der Waals surface area contributed by atoms with Crippen LogP contribution in [0.3, 0.4) is 0 Å². The van der Waals surface area contributed by atoms with Gasteiger partial charge in [-0.15, -0.1) is 11.3 Å². The molecule has 2 aromatic carbocycles. The molecule has 1 aromatic heterocycles. The number of nitrogens with one attached hydrogen (secondary N) is 1. The number of halogens is 3.